The molecule has 1 heterocycles. The van der Waals surface area contributed by atoms with Gasteiger partial charge in [-0.3, -0.25) is 0 Å². The van der Waals surface area contributed by atoms with Crippen LogP contribution in [0.5, 0.6) is 0 Å². The molecule has 0 radical (unpaired) electrons. The number of allylic oxidation sites excluding steroid dienone is 1. The van der Waals surface area contributed by atoms with Crippen LogP contribution in [-0.4, -0.2) is 4.57 Å². The van der Waals surface area contributed by atoms with Gasteiger partial charge in [0.2, 0.25) is 0 Å². The summed E-state index contributed by atoms with van der Waals surface area (Å²) in [6, 6.07) is 30.8. The molecule has 25 heavy (non-hydrogen) atoms. The van der Waals surface area contributed by atoms with Crippen LogP contribution in [0.4, 0.5) is 0 Å². The lowest BCUT2D eigenvalue weighted by molar-refractivity contribution is 1.06. The van der Waals surface area contributed by atoms with Gasteiger partial charge in [-0.15, -0.1) is 0 Å². The average molecular weight is 320 g/mol. The zero-order valence-corrected chi connectivity index (χ0v) is 13.6. The summed E-state index contributed by atoms with van der Waals surface area (Å²) in [6.07, 6.45) is 3.95. The Kier molecular flexibility index (Phi) is 3.90. The minimum absolute atomic E-state index is 0.654. The minimum Gasteiger partial charge on any atom is -0.317 e. The third kappa shape index (κ3) is 2.96. The SMILES string of the molecule is N#C/C(=C/c1cccn1-c1ccccc1)c1ccc2ccccc2c1. The van der Waals surface area contributed by atoms with E-state index in [4.69, 9.17) is 0 Å². The van der Waals surface area contributed by atoms with Gasteiger partial charge in [0.1, 0.15) is 0 Å². The second-order valence-corrected chi connectivity index (χ2v) is 5.87. The highest BCUT2D eigenvalue weighted by Gasteiger charge is 2.06. The lowest BCUT2D eigenvalue weighted by atomic mass is 10.0. The molecule has 0 spiro atoms. The monoisotopic (exact) mass is 320 g/mol. The molecule has 0 saturated heterocycles. The number of fused-ring (bicyclic) bond motifs is 1. The van der Waals surface area contributed by atoms with Crippen LogP contribution >= 0.6 is 0 Å². The van der Waals surface area contributed by atoms with Gasteiger partial charge in [-0.2, -0.15) is 5.26 Å². The Balaban J connectivity index is 1.79. The lowest BCUT2D eigenvalue weighted by Gasteiger charge is -2.07. The van der Waals surface area contributed by atoms with Crippen LogP contribution in [0.2, 0.25) is 0 Å². The molecule has 0 unspecified atom stereocenters. The van der Waals surface area contributed by atoms with Crippen LogP contribution in [0.3, 0.4) is 0 Å². The summed E-state index contributed by atoms with van der Waals surface area (Å²) in [5.41, 5.74) is 3.65. The molecule has 4 rings (SSSR count). The van der Waals surface area contributed by atoms with Crippen LogP contribution < -0.4 is 0 Å². The molecule has 0 N–H and O–H groups in total. The summed E-state index contributed by atoms with van der Waals surface area (Å²) in [6.45, 7) is 0. The first kappa shape index (κ1) is 15.0. The van der Waals surface area contributed by atoms with Gasteiger partial charge in [0, 0.05) is 17.6 Å². The van der Waals surface area contributed by atoms with Crippen molar-refractivity contribution in [2.75, 3.05) is 0 Å². The second-order valence-electron chi connectivity index (χ2n) is 5.87. The largest absolute Gasteiger partial charge is 0.317 e. The number of aromatic nitrogens is 1. The Labute approximate surface area is 146 Å². The van der Waals surface area contributed by atoms with Gasteiger partial charge >= 0.3 is 0 Å². The van der Waals surface area contributed by atoms with E-state index in [9.17, 15) is 5.26 Å². The van der Waals surface area contributed by atoms with Crippen molar-refractivity contribution in [1.82, 2.24) is 4.57 Å². The van der Waals surface area contributed by atoms with E-state index in [-0.39, 0.29) is 0 Å². The van der Waals surface area contributed by atoms with Gasteiger partial charge in [0.25, 0.3) is 0 Å². The van der Waals surface area contributed by atoms with Crippen LogP contribution in [0.25, 0.3) is 28.1 Å². The lowest BCUT2D eigenvalue weighted by Crippen LogP contribution is -1.94. The molecule has 118 valence electrons. The summed E-state index contributed by atoms with van der Waals surface area (Å²) in [5.74, 6) is 0. The number of nitrogens with zero attached hydrogens (tertiary/aromatic N) is 2. The van der Waals surface area contributed by atoms with Gasteiger partial charge in [0.05, 0.1) is 11.6 Å². The maximum Gasteiger partial charge on any atom is 0.0998 e. The van der Waals surface area contributed by atoms with Gasteiger partial charge in [0.15, 0.2) is 0 Å². The molecule has 0 bridgehead atoms. The number of nitriles is 1. The van der Waals surface area contributed by atoms with Crippen LogP contribution in [0, 0.1) is 11.3 Å². The predicted octanol–water partition coefficient (Wildman–Crippen LogP) is 5.69. The summed E-state index contributed by atoms with van der Waals surface area (Å²) >= 11 is 0. The molecular weight excluding hydrogens is 304 g/mol. The van der Waals surface area contributed by atoms with Crippen molar-refractivity contribution >= 4 is 22.4 Å². The molecule has 0 aliphatic carbocycles. The third-order valence-corrected chi connectivity index (χ3v) is 4.29. The molecule has 2 nitrogen and oxygen atoms in total. The quantitative estimate of drug-likeness (QED) is 0.445. The Morgan fingerprint density at radius 2 is 1.56 bits per heavy atom. The molecule has 0 aliphatic heterocycles. The normalized spacial score (nSPS) is 11.4. The van der Waals surface area contributed by atoms with E-state index < -0.39 is 0 Å². The molecule has 0 atom stereocenters. The molecular formula is C23H16N2. The van der Waals surface area contributed by atoms with Crippen molar-refractivity contribution in [3.05, 3.63) is 102 Å². The molecule has 1 aromatic heterocycles. The Hall–Kier alpha value is -3.57. The number of rotatable bonds is 3. The predicted molar refractivity (Wildman–Crippen MR) is 103 cm³/mol. The van der Waals surface area contributed by atoms with Crippen molar-refractivity contribution in [3.8, 4) is 11.8 Å². The fraction of sp³-hybridized carbons (Fsp3) is 0. The van der Waals surface area contributed by atoms with E-state index in [0.717, 1.165) is 22.3 Å². The molecule has 0 aliphatic rings. The van der Waals surface area contributed by atoms with Crippen LogP contribution in [-0.2, 0) is 0 Å². The highest BCUT2D eigenvalue weighted by molar-refractivity contribution is 5.94. The standard InChI is InChI=1S/C23H16N2/c24-17-21(20-13-12-18-7-4-5-8-19(18)15-20)16-23-11-6-14-25(23)22-9-2-1-3-10-22/h1-16H/b21-16-. The molecule has 0 fully saturated rings. The topological polar surface area (TPSA) is 28.7 Å². The summed E-state index contributed by atoms with van der Waals surface area (Å²) in [5, 5.41) is 12.0. The third-order valence-electron chi connectivity index (χ3n) is 4.29. The Morgan fingerprint density at radius 3 is 2.36 bits per heavy atom. The van der Waals surface area contributed by atoms with E-state index in [1.54, 1.807) is 0 Å². The molecule has 0 saturated carbocycles. The first-order valence-electron chi connectivity index (χ1n) is 8.19. The van der Waals surface area contributed by atoms with Crippen molar-refractivity contribution in [3.63, 3.8) is 0 Å². The minimum atomic E-state index is 0.654. The summed E-state index contributed by atoms with van der Waals surface area (Å²) in [4.78, 5) is 0. The summed E-state index contributed by atoms with van der Waals surface area (Å²) < 4.78 is 2.08. The zero-order chi connectivity index (χ0) is 17.1. The van der Waals surface area contributed by atoms with Gasteiger partial charge in [-0.05, 0) is 52.7 Å². The molecule has 3 aromatic carbocycles. The fourth-order valence-corrected chi connectivity index (χ4v) is 3.02. The number of benzene rings is 3. The van der Waals surface area contributed by atoms with Crippen molar-refractivity contribution in [1.29, 1.82) is 5.26 Å². The molecule has 0 amide bonds. The van der Waals surface area contributed by atoms with Crippen LogP contribution in [0.1, 0.15) is 11.3 Å². The highest BCUT2D eigenvalue weighted by Crippen LogP contribution is 2.24. The van der Waals surface area contributed by atoms with Gasteiger partial charge in [-0.25, -0.2) is 0 Å². The van der Waals surface area contributed by atoms with Crippen molar-refractivity contribution in [2.24, 2.45) is 0 Å². The van der Waals surface area contributed by atoms with Crippen molar-refractivity contribution < 1.29 is 0 Å². The number of para-hydroxylation sites is 1. The smallest absolute Gasteiger partial charge is 0.0998 e. The van der Waals surface area contributed by atoms with Crippen LogP contribution in [0.15, 0.2) is 91.1 Å². The number of hydrogen-bond donors (Lipinski definition) is 0. The van der Waals surface area contributed by atoms with E-state index in [2.05, 4.69) is 47.0 Å². The van der Waals surface area contributed by atoms with E-state index in [0.29, 0.717) is 5.57 Å². The Morgan fingerprint density at radius 1 is 0.800 bits per heavy atom. The second kappa shape index (κ2) is 6.51. The zero-order valence-electron chi connectivity index (χ0n) is 13.6. The van der Waals surface area contributed by atoms with Crippen molar-refractivity contribution in [2.45, 2.75) is 0 Å². The first-order valence-corrected chi connectivity index (χ1v) is 8.19. The average Bonchev–Trinajstić information content (AvgIpc) is 3.14. The fourth-order valence-electron chi connectivity index (χ4n) is 3.02. The summed E-state index contributed by atoms with van der Waals surface area (Å²) in [7, 11) is 0. The number of hydrogen-bond acceptors (Lipinski definition) is 1. The van der Waals surface area contributed by atoms with Gasteiger partial charge < -0.3 is 4.57 Å². The first-order chi connectivity index (χ1) is 12.3. The van der Waals surface area contributed by atoms with E-state index in [1.165, 1.54) is 5.39 Å². The maximum atomic E-state index is 9.68. The van der Waals surface area contributed by atoms with E-state index in [1.807, 2.05) is 60.8 Å². The molecule has 2 heteroatoms. The van der Waals surface area contributed by atoms with E-state index >= 15 is 0 Å². The molecule has 4 aromatic rings. The Bertz CT molecular complexity index is 1100. The maximum absolute atomic E-state index is 9.68. The highest BCUT2D eigenvalue weighted by atomic mass is 15.0. The van der Waals surface area contributed by atoms with Gasteiger partial charge in [-0.1, -0.05) is 54.6 Å².